The number of piperidine rings is 1. The SMILES string of the molecule is C.CCOC(=O)CN1CCC(C(c2ccccc2)c2ccccc2)CC1. The molecule has 0 spiro atoms. The predicted octanol–water partition coefficient (Wildman–Crippen LogP) is 4.73. The second-order valence-electron chi connectivity index (χ2n) is 6.72. The number of esters is 1. The molecule has 1 heterocycles. The third kappa shape index (κ3) is 5.18. The molecule has 0 aliphatic carbocycles. The lowest BCUT2D eigenvalue weighted by Gasteiger charge is -2.36. The molecule has 3 nitrogen and oxygen atoms in total. The van der Waals surface area contributed by atoms with Crippen LogP contribution in [0.5, 0.6) is 0 Å². The first-order chi connectivity index (χ1) is 12.3. The summed E-state index contributed by atoms with van der Waals surface area (Å²) in [6.45, 7) is 4.65. The van der Waals surface area contributed by atoms with Crippen molar-refractivity contribution in [1.82, 2.24) is 4.90 Å². The largest absolute Gasteiger partial charge is 0.465 e. The first-order valence-corrected chi connectivity index (χ1v) is 9.25. The van der Waals surface area contributed by atoms with Crippen molar-refractivity contribution >= 4 is 5.97 Å². The lowest BCUT2D eigenvalue weighted by atomic mass is 9.76. The lowest BCUT2D eigenvalue weighted by molar-refractivity contribution is -0.144. The van der Waals surface area contributed by atoms with E-state index in [0.29, 0.717) is 25.0 Å². The van der Waals surface area contributed by atoms with Crippen molar-refractivity contribution in [2.75, 3.05) is 26.2 Å². The minimum absolute atomic E-state index is 0. The molecule has 0 aromatic heterocycles. The highest BCUT2D eigenvalue weighted by Crippen LogP contribution is 2.37. The summed E-state index contributed by atoms with van der Waals surface area (Å²) in [6.07, 6.45) is 2.21. The van der Waals surface area contributed by atoms with Crippen molar-refractivity contribution in [2.24, 2.45) is 5.92 Å². The summed E-state index contributed by atoms with van der Waals surface area (Å²) < 4.78 is 5.08. The summed E-state index contributed by atoms with van der Waals surface area (Å²) in [6, 6.07) is 21.6. The van der Waals surface area contributed by atoms with Crippen LogP contribution in [0.25, 0.3) is 0 Å². The molecular weight excluding hydrogens is 322 g/mol. The van der Waals surface area contributed by atoms with Crippen LogP contribution in [0, 0.1) is 5.92 Å². The zero-order valence-corrected chi connectivity index (χ0v) is 14.9. The number of benzene rings is 2. The van der Waals surface area contributed by atoms with Gasteiger partial charge in [0.1, 0.15) is 0 Å². The molecule has 140 valence electrons. The Morgan fingerprint density at radius 1 is 1.00 bits per heavy atom. The quantitative estimate of drug-likeness (QED) is 0.703. The standard InChI is InChI=1S/C22H27NO2.CH4/c1-2-25-21(24)17-23-15-13-20(14-16-23)22(18-9-5-3-6-10-18)19-11-7-4-8-12-19;/h3-12,20,22H,2,13-17H2,1H3;1H4. The fourth-order valence-corrected chi connectivity index (χ4v) is 3.89. The lowest BCUT2D eigenvalue weighted by Crippen LogP contribution is -2.39. The highest BCUT2D eigenvalue weighted by Gasteiger charge is 2.29. The summed E-state index contributed by atoms with van der Waals surface area (Å²) in [4.78, 5) is 13.9. The highest BCUT2D eigenvalue weighted by atomic mass is 16.5. The number of ether oxygens (including phenoxy) is 1. The molecule has 0 bridgehead atoms. The van der Waals surface area contributed by atoms with Crippen LogP contribution in [-0.4, -0.2) is 37.1 Å². The van der Waals surface area contributed by atoms with Crippen molar-refractivity contribution in [3.05, 3.63) is 71.8 Å². The van der Waals surface area contributed by atoms with E-state index < -0.39 is 0 Å². The molecule has 1 aliphatic rings. The Kier molecular flexibility index (Phi) is 7.86. The Balaban J connectivity index is 0.00000243. The second-order valence-corrected chi connectivity index (χ2v) is 6.72. The van der Waals surface area contributed by atoms with Crippen LogP contribution >= 0.6 is 0 Å². The molecule has 0 unspecified atom stereocenters. The first kappa shape index (κ1) is 20.2. The van der Waals surface area contributed by atoms with Gasteiger partial charge in [-0.3, -0.25) is 9.69 Å². The van der Waals surface area contributed by atoms with Crippen LogP contribution in [0.2, 0.25) is 0 Å². The summed E-state index contributed by atoms with van der Waals surface area (Å²) in [5.41, 5.74) is 2.77. The van der Waals surface area contributed by atoms with Crippen LogP contribution in [-0.2, 0) is 9.53 Å². The van der Waals surface area contributed by atoms with Gasteiger partial charge >= 0.3 is 5.97 Å². The van der Waals surface area contributed by atoms with E-state index in [1.165, 1.54) is 11.1 Å². The van der Waals surface area contributed by atoms with E-state index in [1.807, 2.05) is 6.92 Å². The van der Waals surface area contributed by atoms with Gasteiger partial charge in [0.05, 0.1) is 13.2 Å². The zero-order chi connectivity index (χ0) is 17.5. The minimum atomic E-state index is -0.108. The summed E-state index contributed by atoms with van der Waals surface area (Å²) in [7, 11) is 0. The van der Waals surface area contributed by atoms with Gasteiger partial charge in [-0.15, -0.1) is 0 Å². The third-order valence-corrected chi connectivity index (χ3v) is 5.08. The number of carbonyl (C=O) groups is 1. The third-order valence-electron chi connectivity index (χ3n) is 5.08. The van der Waals surface area contributed by atoms with Crippen LogP contribution in [0.3, 0.4) is 0 Å². The molecule has 26 heavy (non-hydrogen) atoms. The normalized spacial score (nSPS) is 15.5. The van der Waals surface area contributed by atoms with E-state index in [4.69, 9.17) is 4.74 Å². The average molecular weight is 354 g/mol. The molecule has 1 fully saturated rings. The Morgan fingerprint density at radius 3 is 1.96 bits per heavy atom. The molecule has 3 rings (SSSR count). The van der Waals surface area contributed by atoms with Gasteiger partial charge in [0, 0.05) is 5.92 Å². The van der Waals surface area contributed by atoms with E-state index in [1.54, 1.807) is 0 Å². The van der Waals surface area contributed by atoms with Crippen molar-refractivity contribution in [2.45, 2.75) is 33.1 Å². The van der Waals surface area contributed by atoms with Gasteiger partial charge in [0.2, 0.25) is 0 Å². The van der Waals surface area contributed by atoms with Gasteiger partial charge in [-0.2, -0.15) is 0 Å². The van der Waals surface area contributed by atoms with E-state index in [9.17, 15) is 4.79 Å². The Labute approximate surface area is 158 Å². The topological polar surface area (TPSA) is 29.5 Å². The molecule has 3 heteroatoms. The van der Waals surface area contributed by atoms with Crippen LogP contribution in [0.15, 0.2) is 60.7 Å². The number of likely N-dealkylation sites (tertiary alicyclic amines) is 1. The molecule has 0 atom stereocenters. The van der Waals surface area contributed by atoms with Crippen molar-refractivity contribution in [1.29, 1.82) is 0 Å². The number of hydrogen-bond donors (Lipinski definition) is 0. The molecule has 0 amide bonds. The van der Waals surface area contributed by atoms with Gasteiger partial charge in [0.15, 0.2) is 0 Å². The zero-order valence-electron chi connectivity index (χ0n) is 14.9. The first-order valence-electron chi connectivity index (χ1n) is 9.25. The molecule has 0 radical (unpaired) electrons. The molecular formula is C23H31NO2. The maximum atomic E-state index is 11.7. The fraction of sp³-hybridized carbons (Fsp3) is 0.435. The van der Waals surface area contributed by atoms with Crippen molar-refractivity contribution < 1.29 is 9.53 Å². The van der Waals surface area contributed by atoms with Gasteiger partial charge < -0.3 is 4.74 Å². The van der Waals surface area contributed by atoms with E-state index in [0.717, 1.165) is 25.9 Å². The Morgan fingerprint density at radius 2 is 1.50 bits per heavy atom. The van der Waals surface area contributed by atoms with Crippen molar-refractivity contribution in [3.8, 4) is 0 Å². The Hall–Kier alpha value is -2.13. The van der Waals surface area contributed by atoms with Crippen molar-refractivity contribution in [3.63, 3.8) is 0 Å². The second kappa shape index (κ2) is 10.1. The predicted molar refractivity (Wildman–Crippen MR) is 107 cm³/mol. The number of carbonyl (C=O) groups excluding carboxylic acids is 1. The fourth-order valence-electron chi connectivity index (χ4n) is 3.89. The van der Waals surface area contributed by atoms with Gasteiger partial charge in [-0.1, -0.05) is 68.1 Å². The van der Waals surface area contributed by atoms with Gasteiger partial charge in [0.25, 0.3) is 0 Å². The molecule has 1 saturated heterocycles. The average Bonchev–Trinajstić information content (AvgIpc) is 2.65. The van der Waals surface area contributed by atoms with Gasteiger partial charge in [-0.25, -0.2) is 0 Å². The maximum Gasteiger partial charge on any atom is 0.320 e. The number of hydrogen-bond acceptors (Lipinski definition) is 3. The Bertz CT molecular complexity index is 609. The van der Waals surface area contributed by atoms with E-state index in [2.05, 4.69) is 65.6 Å². The minimum Gasteiger partial charge on any atom is -0.465 e. The molecule has 1 aliphatic heterocycles. The van der Waals surface area contributed by atoms with Crippen LogP contribution < -0.4 is 0 Å². The van der Waals surface area contributed by atoms with E-state index in [-0.39, 0.29) is 13.4 Å². The summed E-state index contributed by atoms with van der Waals surface area (Å²) >= 11 is 0. The van der Waals surface area contributed by atoms with Gasteiger partial charge in [-0.05, 0) is 49.9 Å². The highest BCUT2D eigenvalue weighted by molar-refractivity contribution is 5.71. The van der Waals surface area contributed by atoms with E-state index >= 15 is 0 Å². The smallest absolute Gasteiger partial charge is 0.320 e. The maximum absolute atomic E-state index is 11.7. The molecule has 2 aromatic carbocycles. The number of rotatable bonds is 6. The summed E-state index contributed by atoms with van der Waals surface area (Å²) in [5, 5.41) is 0. The molecule has 0 N–H and O–H groups in total. The molecule has 0 saturated carbocycles. The number of nitrogens with zero attached hydrogens (tertiary/aromatic N) is 1. The monoisotopic (exact) mass is 353 g/mol. The van der Waals surface area contributed by atoms with Crippen LogP contribution in [0.4, 0.5) is 0 Å². The van der Waals surface area contributed by atoms with Crippen LogP contribution in [0.1, 0.15) is 44.2 Å². The summed E-state index contributed by atoms with van der Waals surface area (Å²) in [5.74, 6) is 0.916. The molecule has 2 aromatic rings.